The van der Waals surface area contributed by atoms with Gasteiger partial charge in [0.1, 0.15) is 17.1 Å². The average molecular weight is 638 g/mol. The van der Waals surface area contributed by atoms with Crippen LogP contribution in [0.4, 0.5) is 0 Å². The van der Waals surface area contributed by atoms with Crippen molar-refractivity contribution < 1.29 is 42.6 Å². The number of nitrogens with zero attached hydrogens (tertiary/aromatic N) is 1. The average Bonchev–Trinajstić information content (AvgIpc) is 3.11. The third-order valence-corrected chi connectivity index (χ3v) is 6.94. The number of benzene rings is 3. The maximum atomic E-state index is 8.44. The van der Waals surface area contributed by atoms with Gasteiger partial charge in [-0.15, -0.1) is 0 Å². The number of ether oxygens (including phenoxy) is 9. The van der Waals surface area contributed by atoms with E-state index in [9.17, 15) is 0 Å². The van der Waals surface area contributed by atoms with E-state index in [0.717, 1.165) is 28.2 Å². The Morgan fingerprint density at radius 2 is 0.804 bits per heavy atom. The molecule has 0 aliphatic carbocycles. The third-order valence-electron chi connectivity index (χ3n) is 6.94. The molecule has 0 N–H and O–H groups in total. The summed E-state index contributed by atoms with van der Waals surface area (Å²) in [7, 11) is 3.31. The van der Waals surface area contributed by atoms with Crippen LogP contribution in [0.1, 0.15) is 23.1 Å². The highest BCUT2D eigenvalue weighted by Crippen LogP contribution is 2.41. The summed E-state index contributed by atoms with van der Waals surface area (Å²) in [6.45, 7) is 5.97. The van der Waals surface area contributed by atoms with Crippen LogP contribution in [0.25, 0.3) is 0 Å². The lowest BCUT2D eigenvalue weighted by atomic mass is 9.80. The Bertz CT molecular complexity index is 1170. The van der Waals surface area contributed by atoms with Gasteiger partial charge in [-0.05, 0) is 41.0 Å². The van der Waals surface area contributed by atoms with E-state index in [2.05, 4.69) is 12.1 Å². The standard InChI is InChI=1S/C36H47NO9/c1-38-34-13-9-32(10-14-34)36(31-7-4-3-5-8-31,33-11-15-35(39-2)16-12-33)46-30-29-45-28-27-44-26-25-43-24-23-42-22-21-41-20-19-40-18-6-17-37/h3-5,7-16H,6,18-30H2,1-2H3. The zero-order valence-electron chi connectivity index (χ0n) is 27.0. The molecule has 0 saturated carbocycles. The van der Waals surface area contributed by atoms with Crippen LogP contribution >= 0.6 is 0 Å². The van der Waals surface area contributed by atoms with Gasteiger partial charge in [-0.3, -0.25) is 0 Å². The van der Waals surface area contributed by atoms with Crippen molar-refractivity contribution in [2.24, 2.45) is 0 Å². The largest absolute Gasteiger partial charge is 0.497 e. The molecule has 0 heterocycles. The van der Waals surface area contributed by atoms with E-state index in [1.807, 2.05) is 72.8 Å². The van der Waals surface area contributed by atoms with Crippen LogP contribution in [0.3, 0.4) is 0 Å². The molecular weight excluding hydrogens is 590 g/mol. The van der Waals surface area contributed by atoms with Crippen LogP contribution in [0.5, 0.6) is 11.5 Å². The van der Waals surface area contributed by atoms with Gasteiger partial charge in [-0.1, -0.05) is 54.6 Å². The molecule has 0 fully saturated rings. The molecule has 3 aromatic carbocycles. The summed E-state index contributed by atoms with van der Waals surface area (Å²) in [5.41, 5.74) is 2.08. The first kappa shape index (κ1) is 36.9. The van der Waals surface area contributed by atoms with Gasteiger partial charge in [-0.2, -0.15) is 5.26 Å². The van der Waals surface area contributed by atoms with Crippen molar-refractivity contribution in [3.05, 3.63) is 95.6 Å². The van der Waals surface area contributed by atoms with Crippen molar-refractivity contribution in [3.8, 4) is 17.6 Å². The smallest absolute Gasteiger partial charge is 0.143 e. The van der Waals surface area contributed by atoms with Crippen LogP contribution in [0.15, 0.2) is 78.9 Å². The van der Waals surface area contributed by atoms with Crippen LogP contribution in [-0.4, -0.2) is 100 Å². The second-order valence-corrected chi connectivity index (χ2v) is 9.94. The summed E-state index contributed by atoms with van der Waals surface area (Å²) in [5.74, 6) is 1.55. The number of rotatable bonds is 26. The molecule has 0 radical (unpaired) electrons. The van der Waals surface area contributed by atoms with E-state index in [1.165, 1.54) is 0 Å². The molecule has 46 heavy (non-hydrogen) atoms. The molecule has 10 heteroatoms. The molecule has 3 aromatic rings. The van der Waals surface area contributed by atoms with E-state index in [-0.39, 0.29) is 0 Å². The summed E-state index contributed by atoms with van der Waals surface area (Å²) in [5, 5.41) is 8.44. The molecule has 0 aliphatic rings. The van der Waals surface area contributed by atoms with Crippen LogP contribution in [0.2, 0.25) is 0 Å². The predicted molar refractivity (Wildman–Crippen MR) is 173 cm³/mol. The van der Waals surface area contributed by atoms with Gasteiger partial charge in [0.05, 0.1) is 113 Å². The summed E-state index contributed by atoms with van der Waals surface area (Å²) in [4.78, 5) is 0. The minimum Gasteiger partial charge on any atom is -0.497 e. The number of hydrogen-bond acceptors (Lipinski definition) is 10. The Morgan fingerprint density at radius 1 is 0.457 bits per heavy atom. The molecule has 0 spiro atoms. The van der Waals surface area contributed by atoms with E-state index in [0.29, 0.717) is 92.3 Å². The summed E-state index contributed by atoms with van der Waals surface area (Å²) >= 11 is 0. The SMILES string of the molecule is COc1ccc(C(OCCOCCOCCOCCOCCOCCOCCC#N)(c2ccccc2)c2ccc(OC)cc2)cc1. The highest BCUT2D eigenvalue weighted by molar-refractivity contribution is 5.49. The molecule has 0 saturated heterocycles. The van der Waals surface area contributed by atoms with Gasteiger partial charge in [-0.25, -0.2) is 0 Å². The van der Waals surface area contributed by atoms with Crippen LogP contribution in [-0.2, 0) is 38.8 Å². The van der Waals surface area contributed by atoms with Gasteiger partial charge in [0.2, 0.25) is 0 Å². The maximum Gasteiger partial charge on any atom is 0.143 e. The molecule has 250 valence electrons. The van der Waals surface area contributed by atoms with E-state index in [1.54, 1.807) is 14.2 Å². The molecule has 0 atom stereocenters. The molecular formula is C36H47NO9. The van der Waals surface area contributed by atoms with Crippen molar-refractivity contribution in [2.75, 3.05) is 100 Å². The van der Waals surface area contributed by atoms with Crippen LogP contribution in [0, 0.1) is 11.3 Å². The first-order valence-corrected chi connectivity index (χ1v) is 15.6. The maximum absolute atomic E-state index is 8.44. The Hall–Kier alpha value is -3.53. The molecule has 0 amide bonds. The fourth-order valence-electron chi connectivity index (χ4n) is 4.65. The van der Waals surface area contributed by atoms with Crippen molar-refractivity contribution in [1.29, 1.82) is 5.26 Å². The Labute approximate surface area is 273 Å². The molecule has 0 aromatic heterocycles. The lowest BCUT2D eigenvalue weighted by Gasteiger charge is -2.36. The molecule has 3 rings (SSSR count). The fraction of sp³-hybridized carbons (Fsp3) is 0.472. The lowest BCUT2D eigenvalue weighted by Crippen LogP contribution is -2.34. The zero-order chi connectivity index (χ0) is 32.5. The quantitative estimate of drug-likeness (QED) is 0.0879. The number of methoxy groups -OCH3 is 2. The second-order valence-electron chi connectivity index (χ2n) is 9.94. The van der Waals surface area contributed by atoms with E-state index < -0.39 is 5.60 Å². The van der Waals surface area contributed by atoms with Gasteiger partial charge in [0.25, 0.3) is 0 Å². The highest BCUT2D eigenvalue weighted by atomic mass is 16.6. The first-order chi connectivity index (χ1) is 22.7. The summed E-state index contributed by atoms with van der Waals surface area (Å²) < 4.78 is 50.7. The van der Waals surface area contributed by atoms with Gasteiger partial charge in [0, 0.05) is 0 Å². The number of hydrogen-bond donors (Lipinski definition) is 0. The van der Waals surface area contributed by atoms with Gasteiger partial charge in [0.15, 0.2) is 0 Å². The highest BCUT2D eigenvalue weighted by Gasteiger charge is 2.37. The lowest BCUT2D eigenvalue weighted by molar-refractivity contribution is -0.0395. The molecule has 0 unspecified atom stereocenters. The summed E-state index contributed by atoms with van der Waals surface area (Å²) in [6.07, 6.45) is 0.396. The van der Waals surface area contributed by atoms with Gasteiger partial charge < -0.3 is 42.6 Å². The number of nitriles is 1. The topological polar surface area (TPSA) is 107 Å². The van der Waals surface area contributed by atoms with Crippen LogP contribution < -0.4 is 9.47 Å². The van der Waals surface area contributed by atoms with Crippen molar-refractivity contribution in [3.63, 3.8) is 0 Å². The Kier molecular flexibility index (Phi) is 18.4. The second kappa shape index (κ2) is 22.9. The summed E-state index contributed by atoms with van der Waals surface area (Å²) in [6, 6.07) is 28.1. The van der Waals surface area contributed by atoms with Crippen molar-refractivity contribution in [1.82, 2.24) is 0 Å². The molecule has 0 aliphatic heterocycles. The predicted octanol–water partition coefficient (Wildman–Crippen LogP) is 5.03. The fourth-order valence-corrected chi connectivity index (χ4v) is 4.65. The third kappa shape index (κ3) is 12.7. The minimum atomic E-state index is -0.873. The minimum absolute atomic E-state index is 0.358. The monoisotopic (exact) mass is 637 g/mol. The van der Waals surface area contributed by atoms with E-state index >= 15 is 0 Å². The van der Waals surface area contributed by atoms with Crippen molar-refractivity contribution in [2.45, 2.75) is 12.0 Å². The van der Waals surface area contributed by atoms with Gasteiger partial charge >= 0.3 is 0 Å². The molecule has 10 nitrogen and oxygen atoms in total. The zero-order valence-corrected chi connectivity index (χ0v) is 27.0. The normalized spacial score (nSPS) is 11.3. The Morgan fingerprint density at radius 3 is 1.17 bits per heavy atom. The molecule has 0 bridgehead atoms. The first-order valence-electron chi connectivity index (χ1n) is 15.6. The Balaban J connectivity index is 1.36. The van der Waals surface area contributed by atoms with Crippen molar-refractivity contribution >= 4 is 0 Å². The van der Waals surface area contributed by atoms with E-state index in [4.69, 9.17) is 47.9 Å².